The molecular formula is C33H48O8. The standard InChI is InChI=1S/C33H48O8/c1-4-7-10-17-20-28-25-24-27(26-29(28)33(37)41-40-32(36)22-15-9-6-3)19-16-12-11-13-18-23-31(35)39-38-30(34)21-14-8-5-2/h5-6,8-9,14-15,21-22,24-25,27-29H,4,7,10-13,16-20,23,26H2,1-3H3/b8-5+,9-6+,21-14+,22-15+. The van der Waals surface area contributed by atoms with E-state index in [0.717, 1.165) is 57.8 Å². The fourth-order valence-corrected chi connectivity index (χ4v) is 4.63. The zero-order valence-electron chi connectivity index (χ0n) is 25.0. The maximum atomic E-state index is 12.9. The van der Waals surface area contributed by atoms with Crippen LogP contribution in [0.2, 0.25) is 0 Å². The molecule has 0 aliphatic heterocycles. The maximum absolute atomic E-state index is 12.9. The van der Waals surface area contributed by atoms with Crippen molar-refractivity contribution in [1.82, 2.24) is 0 Å². The fourth-order valence-electron chi connectivity index (χ4n) is 4.63. The average molecular weight is 573 g/mol. The highest BCUT2D eigenvalue weighted by molar-refractivity contribution is 5.83. The van der Waals surface area contributed by atoms with Gasteiger partial charge in [0.25, 0.3) is 0 Å². The van der Waals surface area contributed by atoms with Crippen LogP contribution in [-0.2, 0) is 38.7 Å². The monoisotopic (exact) mass is 572 g/mol. The van der Waals surface area contributed by atoms with E-state index >= 15 is 0 Å². The summed E-state index contributed by atoms with van der Waals surface area (Å²) in [5.74, 6) is -2.49. The van der Waals surface area contributed by atoms with E-state index in [9.17, 15) is 19.2 Å². The SMILES string of the molecule is C/C=C/C=C/C(=O)OOC(=O)CCCCCCCC1C=CC(CCCCCC)C(C(=O)OOC(=O)/C=C/C=C/C)C1. The summed E-state index contributed by atoms with van der Waals surface area (Å²) in [5, 5.41) is 0. The number of unbranched alkanes of at least 4 members (excludes halogenated alkanes) is 7. The van der Waals surface area contributed by atoms with Crippen LogP contribution in [0.25, 0.3) is 0 Å². The normalized spacial score (nSPS) is 18.9. The van der Waals surface area contributed by atoms with Gasteiger partial charge < -0.3 is 0 Å². The summed E-state index contributed by atoms with van der Waals surface area (Å²) in [7, 11) is 0. The van der Waals surface area contributed by atoms with Crippen LogP contribution in [0.5, 0.6) is 0 Å². The Bertz CT molecular complexity index is 928. The number of rotatable bonds is 18. The van der Waals surface area contributed by atoms with E-state index in [4.69, 9.17) is 9.78 Å². The Morgan fingerprint density at radius 3 is 1.93 bits per heavy atom. The van der Waals surface area contributed by atoms with Gasteiger partial charge in [0, 0.05) is 12.2 Å². The minimum atomic E-state index is -0.732. The summed E-state index contributed by atoms with van der Waals surface area (Å²) in [5.41, 5.74) is 0. The molecule has 0 saturated carbocycles. The quantitative estimate of drug-likeness (QED) is 0.0410. The van der Waals surface area contributed by atoms with Gasteiger partial charge in [0.2, 0.25) is 0 Å². The van der Waals surface area contributed by atoms with Crippen molar-refractivity contribution >= 4 is 23.9 Å². The molecule has 1 aliphatic carbocycles. The van der Waals surface area contributed by atoms with E-state index in [1.807, 2.05) is 13.8 Å². The maximum Gasteiger partial charge on any atom is 0.379 e. The Hall–Kier alpha value is -3.42. The van der Waals surface area contributed by atoms with Crippen molar-refractivity contribution in [2.24, 2.45) is 17.8 Å². The lowest BCUT2D eigenvalue weighted by Crippen LogP contribution is -2.30. The highest BCUT2D eigenvalue weighted by Gasteiger charge is 2.34. The average Bonchev–Trinajstić information content (AvgIpc) is 2.97. The van der Waals surface area contributed by atoms with E-state index in [0.29, 0.717) is 12.8 Å². The number of hydrogen-bond acceptors (Lipinski definition) is 8. The van der Waals surface area contributed by atoms with Crippen molar-refractivity contribution in [3.05, 3.63) is 60.8 Å². The summed E-state index contributed by atoms with van der Waals surface area (Å²) >= 11 is 0. The number of hydrogen-bond donors (Lipinski definition) is 0. The van der Waals surface area contributed by atoms with Crippen LogP contribution in [0.1, 0.15) is 104 Å². The summed E-state index contributed by atoms with van der Waals surface area (Å²) in [6.45, 7) is 5.82. The Kier molecular flexibility index (Phi) is 20.2. The largest absolute Gasteiger partial charge is 0.379 e. The molecule has 0 aromatic rings. The summed E-state index contributed by atoms with van der Waals surface area (Å²) in [6, 6.07) is 0. The lowest BCUT2D eigenvalue weighted by Gasteiger charge is -2.30. The van der Waals surface area contributed by atoms with E-state index in [1.54, 1.807) is 24.3 Å². The number of allylic oxidation sites excluding steroid dienone is 8. The summed E-state index contributed by atoms with van der Waals surface area (Å²) < 4.78 is 0. The highest BCUT2D eigenvalue weighted by Crippen LogP contribution is 2.35. The van der Waals surface area contributed by atoms with Gasteiger partial charge in [-0.2, -0.15) is 0 Å². The number of carbonyl (C=O) groups is 4. The lowest BCUT2D eigenvalue weighted by atomic mass is 9.75. The van der Waals surface area contributed by atoms with Gasteiger partial charge in [-0.1, -0.05) is 107 Å². The lowest BCUT2D eigenvalue weighted by molar-refractivity contribution is -0.259. The van der Waals surface area contributed by atoms with Gasteiger partial charge in [-0.3, -0.25) is 0 Å². The van der Waals surface area contributed by atoms with Crippen LogP contribution in [0.15, 0.2) is 60.8 Å². The first-order valence-corrected chi connectivity index (χ1v) is 15.0. The molecule has 0 bridgehead atoms. The second-order valence-electron chi connectivity index (χ2n) is 10.2. The minimum Gasteiger partial charge on any atom is -0.247 e. The van der Waals surface area contributed by atoms with Crippen LogP contribution in [0, 0.1) is 17.8 Å². The van der Waals surface area contributed by atoms with Crippen molar-refractivity contribution in [3.63, 3.8) is 0 Å². The van der Waals surface area contributed by atoms with Crippen LogP contribution in [0.3, 0.4) is 0 Å². The Labute approximate surface area is 245 Å². The fraction of sp³-hybridized carbons (Fsp3) is 0.576. The molecule has 41 heavy (non-hydrogen) atoms. The minimum absolute atomic E-state index is 0.0797. The van der Waals surface area contributed by atoms with Crippen molar-refractivity contribution in [1.29, 1.82) is 0 Å². The predicted octanol–water partition coefficient (Wildman–Crippen LogP) is 7.76. The third-order valence-corrected chi connectivity index (χ3v) is 6.85. The van der Waals surface area contributed by atoms with E-state index in [-0.39, 0.29) is 24.2 Å². The third kappa shape index (κ3) is 17.8. The second kappa shape index (κ2) is 23.3. The molecule has 0 spiro atoms. The van der Waals surface area contributed by atoms with Gasteiger partial charge in [0.1, 0.15) is 0 Å². The highest BCUT2D eigenvalue weighted by atomic mass is 17.2. The van der Waals surface area contributed by atoms with Crippen molar-refractivity contribution in [2.45, 2.75) is 104 Å². The molecule has 0 fully saturated rings. The van der Waals surface area contributed by atoms with Gasteiger partial charge in [-0.15, -0.1) is 0 Å². The van der Waals surface area contributed by atoms with E-state index < -0.39 is 23.9 Å². The molecule has 228 valence electrons. The van der Waals surface area contributed by atoms with E-state index in [2.05, 4.69) is 28.9 Å². The van der Waals surface area contributed by atoms with Gasteiger partial charge in [-0.25, -0.2) is 38.7 Å². The molecular weight excluding hydrogens is 524 g/mol. The molecule has 1 aliphatic rings. The van der Waals surface area contributed by atoms with Crippen molar-refractivity contribution in [2.75, 3.05) is 0 Å². The van der Waals surface area contributed by atoms with Crippen LogP contribution in [-0.4, -0.2) is 23.9 Å². The second-order valence-corrected chi connectivity index (χ2v) is 10.2. The first-order valence-electron chi connectivity index (χ1n) is 15.0. The molecule has 0 radical (unpaired) electrons. The molecule has 0 saturated heterocycles. The van der Waals surface area contributed by atoms with Crippen molar-refractivity contribution in [3.8, 4) is 0 Å². The molecule has 0 heterocycles. The van der Waals surface area contributed by atoms with E-state index in [1.165, 1.54) is 30.7 Å². The number of carbonyl (C=O) groups excluding carboxylic acids is 4. The molecule has 0 aromatic carbocycles. The third-order valence-electron chi connectivity index (χ3n) is 6.85. The molecule has 8 nitrogen and oxygen atoms in total. The van der Waals surface area contributed by atoms with Gasteiger partial charge in [0.05, 0.1) is 12.3 Å². The van der Waals surface area contributed by atoms with Gasteiger partial charge >= 0.3 is 23.9 Å². The van der Waals surface area contributed by atoms with Gasteiger partial charge in [0.15, 0.2) is 0 Å². The smallest absolute Gasteiger partial charge is 0.247 e. The molecule has 0 N–H and O–H groups in total. The van der Waals surface area contributed by atoms with Crippen LogP contribution >= 0.6 is 0 Å². The molecule has 0 amide bonds. The Morgan fingerprint density at radius 1 is 0.683 bits per heavy atom. The topological polar surface area (TPSA) is 105 Å². The van der Waals surface area contributed by atoms with Crippen LogP contribution in [0.4, 0.5) is 0 Å². The Morgan fingerprint density at radius 2 is 1.27 bits per heavy atom. The van der Waals surface area contributed by atoms with Crippen molar-refractivity contribution < 1.29 is 38.7 Å². The van der Waals surface area contributed by atoms with Crippen LogP contribution < -0.4 is 0 Å². The zero-order valence-corrected chi connectivity index (χ0v) is 25.0. The summed E-state index contributed by atoms with van der Waals surface area (Å²) in [6.07, 6.45) is 28.4. The molecule has 0 aromatic heterocycles. The molecule has 3 atom stereocenters. The predicted molar refractivity (Wildman–Crippen MR) is 158 cm³/mol. The molecule has 1 rings (SSSR count). The molecule has 8 heteroatoms. The Balaban J connectivity index is 2.40. The van der Waals surface area contributed by atoms with Gasteiger partial charge in [-0.05, 0) is 51.4 Å². The first kappa shape index (κ1) is 35.6. The molecule has 3 unspecified atom stereocenters. The zero-order chi connectivity index (χ0) is 30.1. The summed E-state index contributed by atoms with van der Waals surface area (Å²) in [4.78, 5) is 66.4. The first-order chi connectivity index (χ1) is 19.9.